The molecule has 0 aliphatic rings. The predicted molar refractivity (Wildman–Crippen MR) is 89.6 cm³/mol. The fourth-order valence-electron chi connectivity index (χ4n) is 2.19. The van der Waals surface area contributed by atoms with E-state index in [2.05, 4.69) is 38.4 Å². The van der Waals surface area contributed by atoms with Gasteiger partial charge in [0.05, 0.1) is 11.2 Å². The Morgan fingerprint density at radius 2 is 2.00 bits per heavy atom. The van der Waals surface area contributed by atoms with Gasteiger partial charge in [0.2, 0.25) is 0 Å². The molecule has 2 aromatic rings. The van der Waals surface area contributed by atoms with Crippen molar-refractivity contribution in [2.45, 2.75) is 26.6 Å². The van der Waals surface area contributed by atoms with E-state index in [1.54, 1.807) is 0 Å². The predicted octanol–water partition coefficient (Wildman–Crippen LogP) is 4.20. The summed E-state index contributed by atoms with van der Waals surface area (Å²) in [6, 6.07) is 8.19. The molecular weight excluding hydrogens is 332 g/mol. The summed E-state index contributed by atoms with van der Waals surface area (Å²) in [4.78, 5) is 4.48. The number of ether oxygens (including phenoxy) is 2. The average Bonchev–Trinajstić information content (AvgIpc) is 2.47. The van der Waals surface area contributed by atoms with Crippen LogP contribution in [-0.4, -0.2) is 31.0 Å². The minimum atomic E-state index is -0.149. The molecule has 0 saturated carbocycles. The van der Waals surface area contributed by atoms with Crippen LogP contribution in [0.2, 0.25) is 0 Å². The van der Waals surface area contributed by atoms with Crippen LogP contribution >= 0.6 is 15.9 Å². The number of hydrogen-bond donors (Lipinski definition) is 1. The Bertz CT molecular complexity index is 571. The van der Waals surface area contributed by atoms with Crippen molar-refractivity contribution in [1.29, 1.82) is 0 Å². The molecule has 114 valence electrons. The van der Waals surface area contributed by atoms with E-state index in [1.807, 2.05) is 32.2 Å². The van der Waals surface area contributed by atoms with E-state index in [0.717, 1.165) is 34.0 Å². The second kappa shape index (κ2) is 8.32. The van der Waals surface area contributed by atoms with Crippen molar-refractivity contribution in [2.75, 3.05) is 25.1 Å². The quantitative estimate of drug-likeness (QED) is 0.723. The second-order valence-corrected chi connectivity index (χ2v) is 5.50. The molecule has 0 aliphatic carbocycles. The number of rotatable bonds is 8. The molecule has 1 N–H and O–H groups in total. The molecule has 0 saturated heterocycles. The number of nitrogens with one attached hydrogen (secondary N) is 1. The van der Waals surface area contributed by atoms with Gasteiger partial charge in [-0.2, -0.15) is 0 Å². The maximum absolute atomic E-state index is 5.54. The van der Waals surface area contributed by atoms with Crippen LogP contribution in [0.25, 0.3) is 10.9 Å². The zero-order valence-corrected chi connectivity index (χ0v) is 14.0. The summed E-state index contributed by atoms with van der Waals surface area (Å²) in [6.07, 6.45) is 2.47. The van der Waals surface area contributed by atoms with Crippen molar-refractivity contribution in [3.63, 3.8) is 0 Å². The Morgan fingerprint density at radius 1 is 1.24 bits per heavy atom. The van der Waals surface area contributed by atoms with E-state index in [-0.39, 0.29) is 6.29 Å². The van der Waals surface area contributed by atoms with Gasteiger partial charge in [-0.3, -0.25) is 4.98 Å². The number of fused-ring (bicyclic) bond motifs is 1. The van der Waals surface area contributed by atoms with Gasteiger partial charge in [-0.05, 0) is 41.9 Å². The van der Waals surface area contributed by atoms with Crippen LogP contribution < -0.4 is 5.32 Å². The number of benzene rings is 1. The van der Waals surface area contributed by atoms with Crippen molar-refractivity contribution in [3.05, 3.63) is 34.9 Å². The Hall–Kier alpha value is -1.17. The van der Waals surface area contributed by atoms with Crippen molar-refractivity contribution in [1.82, 2.24) is 4.98 Å². The van der Waals surface area contributed by atoms with Crippen LogP contribution in [0.4, 0.5) is 5.69 Å². The zero-order chi connectivity index (χ0) is 15.1. The van der Waals surface area contributed by atoms with Gasteiger partial charge in [0.25, 0.3) is 0 Å². The summed E-state index contributed by atoms with van der Waals surface area (Å²) in [7, 11) is 0. The van der Waals surface area contributed by atoms with Crippen molar-refractivity contribution in [3.8, 4) is 0 Å². The largest absolute Gasteiger partial charge is 0.383 e. The van der Waals surface area contributed by atoms with E-state index in [1.165, 1.54) is 0 Å². The van der Waals surface area contributed by atoms with Gasteiger partial charge in [0.15, 0.2) is 6.29 Å². The number of para-hydroxylation sites is 1. The van der Waals surface area contributed by atoms with E-state index < -0.39 is 0 Å². The molecule has 0 radical (unpaired) electrons. The van der Waals surface area contributed by atoms with E-state index in [4.69, 9.17) is 9.47 Å². The number of nitrogens with zero attached hydrogens (tertiary/aromatic N) is 1. The lowest BCUT2D eigenvalue weighted by Gasteiger charge is -2.17. The first-order valence-electron chi connectivity index (χ1n) is 7.26. The van der Waals surface area contributed by atoms with Gasteiger partial charge in [-0.25, -0.2) is 0 Å². The Morgan fingerprint density at radius 3 is 2.71 bits per heavy atom. The maximum atomic E-state index is 5.54. The SMILES string of the molecule is CCOC(CCNc1cccc2cc(Br)cnc12)OCC. The highest BCUT2D eigenvalue weighted by atomic mass is 79.9. The van der Waals surface area contributed by atoms with Crippen LogP contribution in [0, 0.1) is 0 Å². The monoisotopic (exact) mass is 352 g/mol. The summed E-state index contributed by atoms with van der Waals surface area (Å²) in [5, 5.41) is 4.53. The Balaban J connectivity index is 2.00. The minimum absolute atomic E-state index is 0.149. The molecule has 0 spiro atoms. The molecule has 1 heterocycles. The number of hydrogen-bond acceptors (Lipinski definition) is 4. The molecule has 0 aliphatic heterocycles. The zero-order valence-electron chi connectivity index (χ0n) is 12.4. The van der Waals surface area contributed by atoms with E-state index in [0.29, 0.717) is 13.2 Å². The third-order valence-electron chi connectivity index (χ3n) is 3.08. The van der Waals surface area contributed by atoms with Gasteiger partial charge < -0.3 is 14.8 Å². The molecule has 2 rings (SSSR count). The van der Waals surface area contributed by atoms with Gasteiger partial charge in [0, 0.05) is 42.2 Å². The molecule has 0 bridgehead atoms. The van der Waals surface area contributed by atoms with Crippen LogP contribution in [-0.2, 0) is 9.47 Å². The number of halogens is 1. The smallest absolute Gasteiger partial charge is 0.159 e. The molecule has 1 aromatic heterocycles. The van der Waals surface area contributed by atoms with Crippen LogP contribution in [0.15, 0.2) is 34.9 Å². The first-order chi connectivity index (χ1) is 10.2. The lowest BCUT2D eigenvalue weighted by Crippen LogP contribution is -2.21. The van der Waals surface area contributed by atoms with Crippen molar-refractivity contribution in [2.24, 2.45) is 0 Å². The molecular formula is C16H21BrN2O2. The van der Waals surface area contributed by atoms with E-state index >= 15 is 0 Å². The fraction of sp³-hybridized carbons (Fsp3) is 0.438. The third kappa shape index (κ3) is 4.66. The Kier molecular flexibility index (Phi) is 6.42. The average molecular weight is 353 g/mol. The Labute approximate surface area is 134 Å². The molecule has 4 nitrogen and oxygen atoms in total. The first kappa shape index (κ1) is 16.2. The highest BCUT2D eigenvalue weighted by Crippen LogP contribution is 2.23. The highest BCUT2D eigenvalue weighted by molar-refractivity contribution is 9.10. The normalized spacial score (nSPS) is 11.2. The van der Waals surface area contributed by atoms with Gasteiger partial charge in [0.1, 0.15) is 0 Å². The number of aromatic nitrogens is 1. The molecule has 0 amide bonds. The molecule has 0 unspecified atom stereocenters. The highest BCUT2D eigenvalue weighted by Gasteiger charge is 2.08. The summed E-state index contributed by atoms with van der Waals surface area (Å²) >= 11 is 3.45. The first-order valence-corrected chi connectivity index (χ1v) is 8.05. The number of anilines is 1. The molecule has 0 fully saturated rings. The summed E-state index contributed by atoms with van der Waals surface area (Å²) in [6.45, 7) is 6.06. The van der Waals surface area contributed by atoms with Gasteiger partial charge in [-0.15, -0.1) is 0 Å². The minimum Gasteiger partial charge on any atom is -0.383 e. The summed E-state index contributed by atoms with van der Waals surface area (Å²) in [5.74, 6) is 0. The maximum Gasteiger partial charge on any atom is 0.159 e. The van der Waals surface area contributed by atoms with Crippen LogP contribution in [0.3, 0.4) is 0 Å². The fourth-order valence-corrected chi connectivity index (χ4v) is 2.54. The van der Waals surface area contributed by atoms with Crippen molar-refractivity contribution >= 4 is 32.5 Å². The number of pyridine rings is 1. The lowest BCUT2D eigenvalue weighted by atomic mass is 10.2. The van der Waals surface area contributed by atoms with Gasteiger partial charge in [-0.1, -0.05) is 12.1 Å². The molecule has 5 heteroatoms. The van der Waals surface area contributed by atoms with Crippen LogP contribution in [0.5, 0.6) is 0 Å². The summed E-state index contributed by atoms with van der Waals surface area (Å²) in [5.41, 5.74) is 2.01. The molecule has 21 heavy (non-hydrogen) atoms. The van der Waals surface area contributed by atoms with Crippen LogP contribution in [0.1, 0.15) is 20.3 Å². The molecule has 1 aromatic carbocycles. The second-order valence-electron chi connectivity index (χ2n) is 4.59. The topological polar surface area (TPSA) is 43.4 Å². The third-order valence-corrected chi connectivity index (χ3v) is 3.51. The van der Waals surface area contributed by atoms with Gasteiger partial charge >= 0.3 is 0 Å². The van der Waals surface area contributed by atoms with E-state index in [9.17, 15) is 0 Å². The summed E-state index contributed by atoms with van der Waals surface area (Å²) < 4.78 is 12.1. The standard InChI is InChI=1S/C16H21BrN2O2/c1-3-20-15(21-4-2)8-9-18-14-7-5-6-12-10-13(17)11-19-16(12)14/h5-7,10-11,15,18H,3-4,8-9H2,1-2H3. The van der Waals surface area contributed by atoms with Crippen molar-refractivity contribution < 1.29 is 9.47 Å². The lowest BCUT2D eigenvalue weighted by molar-refractivity contribution is -0.137. The molecule has 0 atom stereocenters.